The van der Waals surface area contributed by atoms with Crippen LogP contribution in [0.4, 0.5) is 4.39 Å². The molecule has 2 aliphatic rings. The molecule has 3 aromatic rings. The molecule has 2 N–H and O–H groups in total. The number of benzene rings is 1. The quantitative estimate of drug-likeness (QED) is 0.497. The average Bonchev–Trinajstić information content (AvgIpc) is 3.66. The van der Waals surface area contributed by atoms with Crippen molar-refractivity contribution in [2.75, 3.05) is 26.8 Å². The van der Waals surface area contributed by atoms with E-state index >= 15 is 0 Å². The van der Waals surface area contributed by atoms with Crippen LogP contribution in [-0.2, 0) is 14.3 Å². The first-order valence-electron chi connectivity index (χ1n) is 12.3. The Morgan fingerprint density at radius 1 is 1.25 bits per heavy atom. The summed E-state index contributed by atoms with van der Waals surface area (Å²) in [5, 5.41) is 13.2. The van der Waals surface area contributed by atoms with Crippen LogP contribution in [0.3, 0.4) is 0 Å². The Hall–Kier alpha value is -2.89. The molecule has 1 aromatic carbocycles. The molecule has 2 aromatic heterocycles. The molecule has 2 fully saturated rings. The number of hydrogen-bond acceptors (Lipinski definition) is 8. The number of rotatable bonds is 7. The van der Waals surface area contributed by atoms with Crippen molar-refractivity contribution in [2.24, 2.45) is 5.92 Å². The molecule has 2 amide bonds. The highest BCUT2D eigenvalue weighted by molar-refractivity contribution is 7.10. The molecule has 0 radical (unpaired) electrons. The molecule has 0 unspecified atom stereocenters. The van der Waals surface area contributed by atoms with Crippen LogP contribution in [0.25, 0.3) is 22.4 Å². The van der Waals surface area contributed by atoms with Crippen LogP contribution in [0.5, 0.6) is 0 Å². The number of halogens is 1. The molecule has 9 nitrogen and oxygen atoms in total. The van der Waals surface area contributed by atoms with Crippen LogP contribution < -0.4 is 10.6 Å². The van der Waals surface area contributed by atoms with Crippen LogP contribution in [0, 0.1) is 11.7 Å². The zero-order valence-corrected chi connectivity index (χ0v) is 21.1. The Kier molecular flexibility index (Phi) is 7.31. The highest BCUT2D eigenvalue weighted by Crippen LogP contribution is 2.38. The minimum Gasteiger partial charge on any atom is -0.381 e. The van der Waals surface area contributed by atoms with Crippen molar-refractivity contribution in [1.82, 2.24) is 25.7 Å². The predicted molar refractivity (Wildman–Crippen MR) is 133 cm³/mol. The van der Waals surface area contributed by atoms with Gasteiger partial charge in [-0.2, -0.15) is 0 Å². The van der Waals surface area contributed by atoms with Crippen molar-refractivity contribution in [1.29, 1.82) is 0 Å². The summed E-state index contributed by atoms with van der Waals surface area (Å²) in [5.41, 5.74) is 1.18. The van der Waals surface area contributed by atoms with Gasteiger partial charge in [-0.15, -0.1) is 11.3 Å². The van der Waals surface area contributed by atoms with Crippen molar-refractivity contribution >= 4 is 34.1 Å². The van der Waals surface area contributed by atoms with E-state index in [1.165, 1.54) is 17.4 Å². The molecular weight excluding hydrogens is 485 g/mol. The van der Waals surface area contributed by atoms with E-state index in [9.17, 15) is 14.0 Å². The molecule has 11 heteroatoms. The largest absolute Gasteiger partial charge is 0.381 e. The molecule has 36 heavy (non-hydrogen) atoms. The first kappa shape index (κ1) is 24.8. The van der Waals surface area contributed by atoms with Crippen LogP contribution in [0.15, 0.2) is 28.1 Å². The number of carbonyl (C=O) groups excluding carboxylic acids is 2. The lowest BCUT2D eigenvalue weighted by Crippen LogP contribution is -2.56. The molecule has 192 valence electrons. The summed E-state index contributed by atoms with van der Waals surface area (Å²) in [6, 6.07) is 3.49. The number of fused-ring (bicyclic) bond motifs is 1. The average molecular weight is 516 g/mol. The van der Waals surface area contributed by atoms with Crippen LogP contribution in [0.2, 0.25) is 0 Å². The minimum absolute atomic E-state index is 0.0174. The normalized spacial score (nSPS) is 20.5. The van der Waals surface area contributed by atoms with Crippen LogP contribution in [0.1, 0.15) is 43.7 Å². The van der Waals surface area contributed by atoms with Crippen molar-refractivity contribution in [3.05, 3.63) is 34.4 Å². The number of amides is 2. The Balaban J connectivity index is 1.39. The molecule has 5 rings (SSSR count). The number of carbonyl (C=O) groups is 2. The van der Waals surface area contributed by atoms with E-state index in [4.69, 9.17) is 14.2 Å². The van der Waals surface area contributed by atoms with Gasteiger partial charge in [0.25, 0.3) is 0 Å². The molecule has 4 heterocycles. The van der Waals surface area contributed by atoms with Crippen LogP contribution in [-0.4, -0.2) is 65.7 Å². The summed E-state index contributed by atoms with van der Waals surface area (Å²) >= 11 is 1.45. The second-order valence-corrected chi connectivity index (χ2v) is 10.2. The Morgan fingerprint density at radius 2 is 2.06 bits per heavy atom. The van der Waals surface area contributed by atoms with Gasteiger partial charge in [-0.3, -0.25) is 9.59 Å². The summed E-state index contributed by atoms with van der Waals surface area (Å²) in [6.45, 7) is 3.54. The van der Waals surface area contributed by atoms with Crippen molar-refractivity contribution < 1.29 is 23.2 Å². The molecule has 0 bridgehead atoms. The maximum atomic E-state index is 14.1. The van der Waals surface area contributed by atoms with E-state index in [0.29, 0.717) is 36.5 Å². The molecule has 0 spiro atoms. The number of para-hydroxylation sites is 1. The molecule has 0 aliphatic carbocycles. The highest BCUT2D eigenvalue weighted by Gasteiger charge is 2.40. The topological polar surface area (TPSA) is 110 Å². The third-order valence-corrected chi connectivity index (χ3v) is 8.11. The van der Waals surface area contributed by atoms with Gasteiger partial charge in [-0.05, 0) is 57.7 Å². The first-order valence-corrected chi connectivity index (χ1v) is 13.2. The van der Waals surface area contributed by atoms with E-state index < -0.39 is 17.9 Å². The Labute approximate surface area is 212 Å². The maximum absolute atomic E-state index is 14.1. The fourth-order valence-corrected chi connectivity index (χ4v) is 5.92. The summed E-state index contributed by atoms with van der Waals surface area (Å²) < 4.78 is 24.8. The van der Waals surface area contributed by atoms with Crippen molar-refractivity contribution in [3.63, 3.8) is 0 Å². The van der Waals surface area contributed by atoms with Crippen molar-refractivity contribution in [2.45, 2.75) is 50.7 Å². The van der Waals surface area contributed by atoms with Gasteiger partial charge < -0.3 is 24.8 Å². The minimum atomic E-state index is -0.611. The number of thiazole rings is 1. The number of nitrogens with one attached hydrogen (secondary N) is 2. The van der Waals surface area contributed by atoms with Gasteiger partial charge in [0.1, 0.15) is 22.4 Å². The third kappa shape index (κ3) is 4.74. The number of likely N-dealkylation sites (tertiary alicyclic amines) is 1. The second-order valence-electron chi connectivity index (χ2n) is 9.35. The monoisotopic (exact) mass is 515 g/mol. The standard InChI is InChI=1S/C25H30FN5O4S/c1-14(27-2)23(32)29-20(15-8-11-34-12-9-15)25(33)31-10-4-7-19(31)24-28-18(13-36-24)21-16-5-3-6-17(26)22(16)35-30-21/h3,5-6,13-15,19-20,27H,4,7-12H2,1-2H3,(H,29,32)/t14-,19-,20-/m0/s1. The predicted octanol–water partition coefficient (Wildman–Crippen LogP) is 3.27. The smallest absolute Gasteiger partial charge is 0.246 e. The fraction of sp³-hybridized carbons (Fsp3) is 0.520. The van der Waals surface area contributed by atoms with E-state index in [1.807, 2.05) is 10.3 Å². The lowest BCUT2D eigenvalue weighted by Gasteiger charge is -2.35. The van der Waals surface area contributed by atoms with E-state index in [1.54, 1.807) is 26.1 Å². The van der Waals surface area contributed by atoms with Gasteiger partial charge in [0.05, 0.1) is 17.5 Å². The van der Waals surface area contributed by atoms with E-state index in [-0.39, 0.29) is 29.4 Å². The maximum Gasteiger partial charge on any atom is 0.246 e. The van der Waals surface area contributed by atoms with Crippen LogP contribution >= 0.6 is 11.3 Å². The van der Waals surface area contributed by atoms with Gasteiger partial charge in [-0.25, -0.2) is 9.37 Å². The molecule has 3 atom stereocenters. The third-order valence-electron chi connectivity index (χ3n) is 7.16. The molecule has 2 aliphatic heterocycles. The first-order chi connectivity index (χ1) is 17.5. The fourth-order valence-electron chi connectivity index (χ4n) is 4.97. The Bertz CT molecular complexity index is 1240. The summed E-state index contributed by atoms with van der Waals surface area (Å²) in [6.07, 6.45) is 3.08. The summed E-state index contributed by atoms with van der Waals surface area (Å²) in [4.78, 5) is 33.3. The van der Waals surface area contributed by atoms with Gasteiger partial charge in [0, 0.05) is 25.1 Å². The van der Waals surface area contributed by atoms with Gasteiger partial charge in [-0.1, -0.05) is 11.2 Å². The zero-order valence-electron chi connectivity index (χ0n) is 20.3. The summed E-state index contributed by atoms with van der Waals surface area (Å²) in [5.74, 6) is -0.724. The van der Waals surface area contributed by atoms with E-state index in [2.05, 4.69) is 15.8 Å². The number of ether oxygens (including phenoxy) is 1. The lowest BCUT2D eigenvalue weighted by atomic mass is 9.90. The van der Waals surface area contributed by atoms with Gasteiger partial charge >= 0.3 is 0 Å². The zero-order chi connectivity index (χ0) is 25.2. The lowest BCUT2D eigenvalue weighted by molar-refractivity contribution is -0.140. The molecular formula is C25H30FN5O4S. The van der Waals surface area contributed by atoms with Crippen molar-refractivity contribution in [3.8, 4) is 11.4 Å². The summed E-state index contributed by atoms with van der Waals surface area (Å²) in [7, 11) is 1.72. The van der Waals surface area contributed by atoms with E-state index in [0.717, 1.165) is 30.7 Å². The van der Waals surface area contributed by atoms with Gasteiger partial charge in [0.2, 0.25) is 17.4 Å². The highest BCUT2D eigenvalue weighted by atomic mass is 32.1. The molecule has 0 saturated carbocycles. The SMILES string of the molecule is CN[C@@H](C)C(=O)N[C@H](C(=O)N1CCC[C@H]1c1nc(-c2noc3c(F)cccc23)cs1)C1CCOCC1. The number of likely N-dealkylation sites (N-methyl/N-ethyl adjacent to an activating group) is 1. The number of nitrogens with zero attached hydrogens (tertiary/aromatic N) is 3. The second kappa shape index (κ2) is 10.6. The molecule has 2 saturated heterocycles. The van der Waals surface area contributed by atoms with Gasteiger partial charge in [0.15, 0.2) is 5.82 Å². The number of aromatic nitrogens is 2. The Morgan fingerprint density at radius 3 is 2.83 bits per heavy atom. The number of hydrogen-bond donors (Lipinski definition) is 2.